The van der Waals surface area contributed by atoms with E-state index in [0.717, 1.165) is 25.3 Å². The van der Waals surface area contributed by atoms with Crippen LogP contribution in [0.4, 0.5) is 13.2 Å². The first-order valence-electron chi connectivity index (χ1n) is 5.98. The van der Waals surface area contributed by atoms with Crippen LogP contribution in [0.5, 0.6) is 0 Å². The van der Waals surface area contributed by atoms with Crippen LogP contribution in [0, 0.1) is 5.82 Å². The van der Waals surface area contributed by atoms with Crippen LogP contribution in [0.3, 0.4) is 0 Å². The van der Waals surface area contributed by atoms with E-state index in [2.05, 4.69) is 5.32 Å². The second kappa shape index (κ2) is 5.08. The molecule has 17 heavy (non-hydrogen) atoms. The molecule has 0 aromatic heterocycles. The first-order valence-corrected chi connectivity index (χ1v) is 5.98. The Bertz CT molecular complexity index is 371. The highest BCUT2D eigenvalue weighted by molar-refractivity contribution is 5.23. The Morgan fingerprint density at radius 2 is 2.00 bits per heavy atom. The van der Waals surface area contributed by atoms with Crippen LogP contribution in [-0.2, 0) is 5.92 Å². The molecule has 1 heterocycles. The van der Waals surface area contributed by atoms with Gasteiger partial charge in [0.25, 0.3) is 5.92 Å². The summed E-state index contributed by atoms with van der Waals surface area (Å²) in [5.41, 5.74) is -0.239. The smallest absolute Gasteiger partial charge is 0.288 e. The highest BCUT2D eigenvalue weighted by Crippen LogP contribution is 2.35. The van der Waals surface area contributed by atoms with Gasteiger partial charge in [0.05, 0.1) is 6.04 Å². The minimum Gasteiger partial charge on any atom is -0.308 e. The summed E-state index contributed by atoms with van der Waals surface area (Å²) in [5.74, 6) is -3.62. The van der Waals surface area contributed by atoms with E-state index in [4.69, 9.17) is 0 Å². The zero-order chi connectivity index (χ0) is 12.3. The summed E-state index contributed by atoms with van der Waals surface area (Å²) in [7, 11) is 0. The summed E-state index contributed by atoms with van der Waals surface area (Å²) < 4.78 is 41.3. The number of hydrogen-bond acceptors (Lipinski definition) is 1. The van der Waals surface area contributed by atoms with Crippen molar-refractivity contribution in [1.82, 2.24) is 5.32 Å². The summed E-state index contributed by atoms with van der Waals surface area (Å²) >= 11 is 0. The predicted molar refractivity (Wildman–Crippen MR) is 60.6 cm³/mol. The molecule has 1 unspecified atom stereocenters. The molecule has 94 valence electrons. The molecule has 1 aliphatic rings. The highest BCUT2D eigenvalue weighted by atomic mass is 19.3. The Morgan fingerprint density at radius 3 is 2.76 bits per heavy atom. The van der Waals surface area contributed by atoms with Gasteiger partial charge < -0.3 is 5.32 Å². The van der Waals surface area contributed by atoms with Crippen molar-refractivity contribution in [3.8, 4) is 0 Å². The first-order chi connectivity index (χ1) is 8.10. The van der Waals surface area contributed by atoms with Gasteiger partial charge in [0.2, 0.25) is 0 Å². The molecule has 0 radical (unpaired) electrons. The van der Waals surface area contributed by atoms with Gasteiger partial charge in [0.1, 0.15) is 5.82 Å². The quantitative estimate of drug-likeness (QED) is 0.838. The van der Waals surface area contributed by atoms with Gasteiger partial charge in [-0.1, -0.05) is 25.0 Å². The number of benzene rings is 1. The van der Waals surface area contributed by atoms with E-state index in [-0.39, 0.29) is 5.56 Å². The number of hydrogen-bond donors (Lipinski definition) is 1. The van der Waals surface area contributed by atoms with Gasteiger partial charge in [0, 0.05) is 5.56 Å². The minimum atomic E-state index is -3.01. The van der Waals surface area contributed by atoms with Crippen LogP contribution < -0.4 is 5.32 Å². The molecule has 1 atom stereocenters. The van der Waals surface area contributed by atoms with Crippen molar-refractivity contribution in [2.45, 2.75) is 37.6 Å². The van der Waals surface area contributed by atoms with E-state index in [9.17, 15) is 13.2 Å². The molecule has 0 aliphatic carbocycles. The lowest BCUT2D eigenvalue weighted by atomic mass is 9.97. The van der Waals surface area contributed by atoms with Crippen LogP contribution in [0.15, 0.2) is 24.3 Å². The predicted octanol–water partition coefficient (Wildman–Crippen LogP) is 3.45. The summed E-state index contributed by atoms with van der Waals surface area (Å²) in [5, 5.41) is 2.87. The molecule has 0 bridgehead atoms. The summed E-state index contributed by atoms with van der Waals surface area (Å²) in [4.78, 5) is 0. The minimum absolute atomic E-state index is 0.239. The number of nitrogens with one attached hydrogen (secondary N) is 1. The van der Waals surface area contributed by atoms with Gasteiger partial charge in [-0.3, -0.25) is 0 Å². The normalized spacial score (nSPS) is 22.2. The molecular weight excluding hydrogens is 227 g/mol. The molecule has 4 heteroatoms. The largest absolute Gasteiger partial charge is 0.308 e. The lowest BCUT2D eigenvalue weighted by molar-refractivity contribution is -0.0450. The van der Waals surface area contributed by atoms with Gasteiger partial charge >= 0.3 is 0 Å². The highest BCUT2D eigenvalue weighted by Gasteiger charge is 2.41. The molecule has 1 aromatic carbocycles. The van der Waals surface area contributed by atoms with Gasteiger partial charge in [-0.25, -0.2) is 4.39 Å². The molecule has 1 fully saturated rings. The number of rotatable bonds is 2. The average Bonchev–Trinajstić information content (AvgIpc) is 2.58. The monoisotopic (exact) mass is 243 g/mol. The molecule has 1 N–H and O–H groups in total. The second-order valence-electron chi connectivity index (χ2n) is 4.49. The van der Waals surface area contributed by atoms with Crippen LogP contribution in [0.1, 0.15) is 31.2 Å². The van der Waals surface area contributed by atoms with Crippen molar-refractivity contribution in [1.29, 1.82) is 0 Å². The van der Waals surface area contributed by atoms with Gasteiger partial charge in [0.15, 0.2) is 0 Å². The Morgan fingerprint density at radius 1 is 1.18 bits per heavy atom. The molecule has 1 nitrogen and oxygen atoms in total. The third-order valence-corrected chi connectivity index (χ3v) is 3.21. The van der Waals surface area contributed by atoms with E-state index in [1.807, 2.05) is 0 Å². The second-order valence-corrected chi connectivity index (χ2v) is 4.49. The molecule has 1 aliphatic heterocycles. The first kappa shape index (κ1) is 12.4. The van der Waals surface area contributed by atoms with E-state index in [1.54, 1.807) is 0 Å². The van der Waals surface area contributed by atoms with Crippen molar-refractivity contribution < 1.29 is 13.2 Å². The lowest BCUT2D eigenvalue weighted by Crippen LogP contribution is -2.42. The molecule has 1 saturated heterocycles. The van der Waals surface area contributed by atoms with Crippen molar-refractivity contribution in [3.63, 3.8) is 0 Å². The fourth-order valence-electron chi connectivity index (χ4n) is 2.24. The van der Waals surface area contributed by atoms with Crippen molar-refractivity contribution in [2.24, 2.45) is 0 Å². The molecule has 2 rings (SSSR count). The average molecular weight is 243 g/mol. The maximum absolute atomic E-state index is 14.2. The Balaban J connectivity index is 2.21. The number of alkyl halides is 2. The van der Waals surface area contributed by atoms with Gasteiger partial charge in [-0.2, -0.15) is 8.78 Å². The third-order valence-electron chi connectivity index (χ3n) is 3.21. The van der Waals surface area contributed by atoms with Crippen molar-refractivity contribution >= 4 is 0 Å². The standard InChI is InChI=1S/C13H16F3N/c14-11-6-4-5-10(9-11)13(15,16)12-7-2-1-3-8-17-12/h4-6,9,12,17H,1-3,7-8H2. The van der Waals surface area contributed by atoms with Crippen LogP contribution in [0.25, 0.3) is 0 Å². The van der Waals surface area contributed by atoms with E-state index < -0.39 is 17.8 Å². The van der Waals surface area contributed by atoms with Crippen LogP contribution >= 0.6 is 0 Å². The van der Waals surface area contributed by atoms with Gasteiger partial charge in [-0.05, 0) is 31.5 Å². The zero-order valence-corrected chi connectivity index (χ0v) is 9.56. The Kier molecular flexibility index (Phi) is 3.72. The van der Waals surface area contributed by atoms with E-state index >= 15 is 0 Å². The fraction of sp³-hybridized carbons (Fsp3) is 0.538. The number of halogens is 3. The third kappa shape index (κ3) is 2.80. The maximum Gasteiger partial charge on any atom is 0.288 e. The fourth-order valence-corrected chi connectivity index (χ4v) is 2.24. The Labute approximate surface area is 99.0 Å². The lowest BCUT2D eigenvalue weighted by Gasteiger charge is -2.27. The van der Waals surface area contributed by atoms with Gasteiger partial charge in [-0.15, -0.1) is 0 Å². The summed E-state index contributed by atoms with van der Waals surface area (Å²) in [6, 6.07) is 3.84. The Hall–Kier alpha value is -1.03. The molecule has 0 spiro atoms. The summed E-state index contributed by atoms with van der Waals surface area (Å²) in [6.07, 6.45) is 3.13. The van der Waals surface area contributed by atoms with E-state index in [0.29, 0.717) is 13.0 Å². The molecular formula is C13H16F3N. The van der Waals surface area contributed by atoms with E-state index in [1.165, 1.54) is 18.2 Å². The topological polar surface area (TPSA) is 12.0 Å². The summed E-state index contributed by atoms with van der Waals surface area (Å²) in [6.45, 7) is 0.607. The maximum atomic E-state index is 14.2. The van der Waals surface area contributed by atoms with Crippen molar-refractivity contribution in [3.05, 3.63) is 35.6 Å². The zero-order valence-electron chi connectivity index (χ0n) is 9.56. The molecule has 0 amide bonds. The SMILES string of the molecule is Fc1cccc(C(F)(F)C2CCCCCN2)c1. The van der Waals surface area contributed by atoms with Crippen LogP contribution in [0.2, 0.25) is 0 Å². The molecule has 1 aromatic rings. The van der Waals surface area contributed by atoms with Crippen LogP contribution in [-0.4, -0.2) is 12.6 Å². The van der Waals surface area contributed by atoms with Crippen molar-refractivity contribution in [2.75, 3.05) is 6.54 Å². The molecule has 0 saturated carbocycles.